The van der Waals surface area contributed by atoms with Crippen LogP contribution in [0, 0.1) is 0 Å². The number of nitrogen functional groups attached to an aromatic ring is 1. The number of benzene rings is 1. The molecule has 13 heteroatoms. The highest BCUT2D eigenvalue weighted by molar-refractivity contribution is 7.56. The molecular formula is C21H29N6O6P. The molecule has 0 aliphatic heterocycles. The summed E-state index contributed by atoms with van der Waals surface area (Å²) in [5.74, 6) is -0.191. The average molecular weight is 492 g/mol. The number of ether oxygens (including phenoxy) is 3. The van der Waals surface area contributed by atoms with E-state index in [1.54, 1.807) is 24.7 Å². The predicted octanol–water partition coefficient (Wildman–Crippen LogP) is 2.34. The highest BCUT2D eigenvalue weighted by Gasteiger charge is 2.29. The van der Waals surface area contributed by atoms with E-state index >= 15 is 0 Å². The molecular weight excluding hydrogens is 463 g/mol. The first-order valence-corrected chi connectivity index (χ1v) is 12.5. The summed E-state index contributed by atoms with van der Waals surface area (Å²) in [5, 5.41) is 2.75. The van der Waals surface area contributed by atoms with Crippen molar-refractivity contribution in [3.63, 3.8) is 0 Å². The number of nitrogens with zero attached hydrogens (tertiary/aromatic N) is 4. The Hall–Kier alpha value is -3.05. The second-order valence-electron chi connectivity index (χ2n) is 7.27. The van der Waals surface area contributed by atoms with Crippen molar-refractivity contribution in [2.24, 2.45) is 0 Å². The molecule has 0 spiro atoms. The number of aromatic nitrogens is 4. The number of carbonyl (C=O) groups excluding carboxylic acids is 1. The Kier molecular flexibility index (Phi) is 8.94. The number of hydrogen-bond donors (Lipinski definition) is 2. The molecule has 2 heterocycles. The molecule has 34 heavy (non-hydrogen) atoms. The number of rotatable bonds is 13. The van der Waals surface area contributed by atoms with Crippen LogP contribution in [0.1, 0.15) is 19.4 Å². The lowest BCUT2D eigenvalue weighted by Gasteiger charge is -2.23. The van der Waals surface area contributed by atoms with Gasteiger partial charge < -0.3 is 29.0 Å². The van der Waals surface area contributed by atoms with E-state index in [2.05, 4.69) is 20.0 Å². The second kappa shape index (κ2) is 11.9. The monoisotopic (exact) mass is 492 g/mol. The minimum absolute atomic E-state index is 0.0583. The van der Waals surface area contributed by atoms with E-state index < -0.39 is 19.5 Å². The van der Waals surface area contributed by atoms with E-state index in [1.165, 1.54) is 7.11 Å². The normalized spacial score (nSPS) is 14.0. The summed E-state index contributed by atoms with van der Waals surface area (Å²) < 4.78 is 36.8. The maximum Gasteiger partial charge on any atom is 0.323 e. The van der Waals surface area contributed by atoms with E-state index in [9.17, 15) is 9.36 Å². The van der Waals surface area contributed by atoms with E-state index in [0.717, 1.165) is 5.56 Å². The van der Waals surface area contributed by atoms with Crippen LogP contribution in [0.2, 0.25) is 0 Å². The molecule has 0 aliphatic carbocycles. The van der Waals surface area contributed by atoms with Gasteiger partial charge in [-0.25, -0.2) is 10.1 Å². The van der Waals surface area contributed by atoms with Crippen molar-refractivity contribution >= 4 is 30.6 Å². The molecule has 0 radical (unpaired) electrons. The molecule has 3 rings (SSSR count). The third-order valence-corrected chi connectivity index (χ3v) is 6.54. The van der Waals surface area contributed by atoms with E-state index in [1.807, 2.05) is 30.3 Å². The molecule has 0 unspecified atom stereocenters. The molecule has 2 atom stereocenters. The van der Waals surface area contributed by atoms with Crippen molar-refractivity contribution in [3.05, 3.63) is 42.2 Å². The molecule has 0 aliphatic rings. The molecule has 0 saturated carbocycles. The van der Waals surface area contributed by atoms with Crippen molar-refractivity contribution in [1.82, 2.24) is 24.6 Å². The van der Waals surface area contributed by atoms with Gasteiger partial charge in [0.05, 0.1) is 33.3 Å². The summed E-state index contributed by atoms with van der Waals surface area (Å²) in [4.78, 5) is 24.5. The fraction of sp³-hybridized carbons (Fsp3) is 0.429. The number of nitrogens with two attached hydrogens (primary N) is 1. The first-order chi connectivity index (χ1) is 16.3. The van der Waals surface area contributed by atoms with Gasteiger partial charge >= 0.3 is 5.97 Å². The van der Waals surface area contributed by atoms with Crippen LogP contribution < -0.4 is 15.6 Å². The predicted molar refractivity (Wildman–Crippen MR) is 125 cm³/mol. The highest BCUT2D eigenvalue weighted by Crippen LogP contribution is 2.44. The molecule has 0 fully saturated rings. The molecule has 1 aromatic carbocycles. The fourth-order valence-electron chi connectivity index (χ4n) is 3.07. The van der Waals surface area contributed by atoms with Crippen LogP contribution in [-0.4, -0.2) is 58.2 Å². The first kappa shape index (κ1) is 25.6. The lowest BCUT2D eigenvalue weighted by atomic mass is 10.2. The molecule has 184 valence electrons. The second-order valence-corrected chi connectivity index (χ2v) is 9.40. The Morgan fingerprint density at radius 3 is 2.74 bits per heavy atom. The maximum atomic E-state index is 13.5. The summed E-state index contributed by atoms with van der Waals surface area (Å²) in [6.07, 6.45) is 1.31. The zero-order chi connectivity index (χ0) is 24.6. The molecule has 2 aromatic heterocycles. The van der Waals surface area contributed by atoms with Crippen LogP contribution in [0.3, 0.4) is 0 Å². The number of nitrogens with one attached hydrogen (secondary N) is 1. The van der Waals surface area contributed by atoms with Crippen LogP contribution in [0.4, 0.5) is 5.95 Å². The zero-order valence-electron chi connectivity index (χ0n) is 19.3. The largest absolute Gasteiger partial charge is 0.479 e. The van der Waals surface area contributed by atoms with Crippen molar-refractivity contribution in [2.75, 3.05) is 32.4 Å². The van der Waals surface area contributed by atoms with Gasteiger partial charge in [0.15, 0.2) is 11.2 Å². The number of carbonyl (C=O) groups is 1. The summed E-state index contributed by atoms with van der Waals surface area (Å²) in [7, 11) is -2.08. The van der Waals surface area contributed by atoms with Crippen LogP contribution in [0.15, 0.2) is 36.7 Å². The summed E-state index contributed by atoms with van der Waals surface area (Å²) in [6, 6.07) is 8.46. The van der Waals surface area contributed by atoms with Gasteiger partial charge in [0.1, 0.15) is 12.4 Å². The summed E-state index contributed by atoms with van der Waals surface area (Å²) in [6.45, 7) is 4.09. The van der Waals surface area contributed by atoms with Gasteiger partial charge in [-0.05, 0) is 19.4 Å². The number of methoxy groups -OCH3 is 1. The molecule has 12 nitrogen and oxygen atoms in total. The maximum absolute atomic E-state index is 13.5. The van der Waals surface area contributed by atoms with Gasteiger partial charge in [0.25, 0.3) is 7.52 Å². The average Bonchev–Trinajstić information content (AvgIpc) is 3.23. The molecule has 0 amide bonds. The number of esters is 1. The van der Waals surface area contributed by atoms with Crippen molar-refractivity contribution in [1.29, 1.82) is 0 Å². The van der Waals surface area contributed by atoms with Gasteiger partial charge in [0, 0.05) is 6.54 Å². The Balaban J connectivity index is 1.64. The van der Waals surface area contributed by atoms with Crippen molar-refractivity contribution < 1.29 is 28.1 Å². The summed E-state index contributed by atoms with van der Waals surface area (Å²) in [5.41, 5.74) is 7.54. The van der Waals surface area contributed by atoms with E-state index in [0.29, 0.717) is 17.7 Å². The number of fused-ring (bicyclic) bond motifs is 1. The van der Waals surface area contributed by atoms with Gasteiger partial charge in [0.2, 0.25) is 11.8 Å². The van der Waals surface area contributed by atoms with Crippen molar-refractivity contribution in [3.8, 4) is 5.88 Å². The summed E-state index contributed by atoms with van der Waals surface area (Å²) >= 11 is 0. The number of anilines is 1. The number of imidazole rings is 1. The highest BCUT2D eigenvalue weighted by atomic mass is 31.2. The minimum atomic E-state index is -3.56. The topological polar surface area (TPSA) is 153 Å². The lowest BCUT2D eigenvalue weighted by molar-refractivity contribution is -0.144. The minimum Gasteiger partial charge on any atom is -0.479 e. The Bertz CT molecular complexity index is 1140. The molecule has 0 saturated heterocycles. The quantitative estimate of drug-likeness (QED) is 0.205. The zero-order valence-corrected chi connectivity index (χ0v) is 20.2. The van der Waals surface area contributed by atoms with Gasteiger partial charge in [-0.3, -0.25) is 9.36 Å². The van der Waals surface area contributed by atoms with Crippen LogP contribution in [0.25, 0.3) is 11.2 Å². The van der Waals surface area contributed by atoms with Crippen molar-refractivity contribution in [2.45, 2.75) is 33.0 Å². The Labute approximate surface area is 197 Å². The molecule has 0 bridgehead atoms. The fourth-order valence-corrected chi connectivity index (χ4v) is 4.71. The third kappa shape index (κ3) is 6.73. The lowest BCUT2D eigenvalue weighted by Crippen LogP contribution is -2.34. The SMILES string of the molecule is CCOC(=O)[C@H](C)N[P@](=O)(COCCn1cnc2c(OC)nc(N)nc21)OCc1ccccc1. The Morgan fingerprint density at radius 2 is 2.03 bits per heavy atom. The van der Waals surface area contributed by atoms with E-state index in [-0.39, 0.29) is 38.0 Å². The van der Waals surface area contributed by atoms with Gasteiger partial charge in [-0.1, -0.05) is 30.3 Å². The van der Waals surface area contributed by atoms with Crippen LogP contribution in [0.5, 0.6) is 5.88 Å². The molecule has 3 aromatic rings. The third-order valence-electron chi connectivity index (χ3n) is 4.69. The standard InChI is InChI=1S/C21H29N6O6P/c1-4-32-20(28)15(2)26-34(29,33-12-16-8-6-5-7-9-16)14-31-11-10-27-13-23-17-18(27)24-21(22)25-19(17)30-3/h5-9,13,15H,4,10-12,14H2,1-3H3,(H,26,29)(H2,22,24,25)/t15-,34-/m0/s1. The smallest absolute Gasteiger partial charge is 0.323 e. The molecule has 3 N–H and O–H groups in total. The van der Waals surface area contributed by atoms with Crippen LogP contribution in [-0.2, 0) is 36.5 Å². The Morgan fingerprint density at radius 1 is 1.26 bits per heavy atom. The van der Waals surface area contributed by atoms with Gasteiger partial charge in [-0.2, -0.15) is 9.97 Å². The van der Waals surface area contributed by atoms with Gasteiger partial charge in [-0.15, -0.1) is 0 Å². The first-order valence-electron chi connectivity index (χ1n) is 10.7. The van der Waals surface area contributed by atoms with E-state index in [4.69, 9.17) is 24.5 Å². The number of hydrogen-bond acceptors (Lipinski definition) is 10. The van der Waals surface area contributed by atoms with Crippen LogP contribution >= 0.6 is 7.52 Å².